The molecule has 0 atom stereocenters. The summed E-state index contributed by atoms with van der Waals surface area (Å²) in [7, 11) is -4.09. The minimum absolute atomic E-state index is 0.0294. The predicted molar refractivity (Wildman–Crippen MR) is 89.2 cm³/mol. The molecule has 0 spiro atoms. The maximum Gasteiger partial charge on any atom is 0.339 e. The number of hydrogen-bond donors (Lipinski definition) is 2. The van der Waals surface area contributed by atoms with Gasteiger partial charge in [0.15, 0.2) is 5.75 Å². The number of halogens is 1. The first-order valence-corrected chi connectivity index (χ1v) is 8.35. The molecule has 3 N–H and O–H groups in total. The molecule has 122 valence electrons. The molecule has 0 aliphatic rings. The highest BCUT2D eigenvalue weighted by atomic mass is 35.5. The van der Waals surface area contributed by atoms with E-state index in [-0.39, 0.29) is 27.3 Å². The van der Waals surface area contributed by atoms with Crippen molar-refractivity contribution in [3.05, 3.63) is 47.0 Å². The Balaban J connectivity index is 2.32. The average molecular weight is 355 g/mol. The zero-order valence-electron chi connectivity index (χ0n) is 12.5. The fourth-order valence-corrected chi connectivity index (χ4v) is 3.14. The third-order valence-electron chi connectivity index (χ3n) is 2.91. The topological polar surface area (TPSA) is 98.5 Å². The fraction of sp³-hybridized carbons (Fsp3) is 0.133. The molecule has 0 aliphatic carbocycles. The van der Waals surface area contributed by atoms with Crippen molar-refractivity contribution in [2.75, 3.05) is 11.1 Å². The largest absolute Gasteiger partial charge is 0.397 e. The van der Waals surface area contributed by atoms with Crippen molar-refractivity contribution in [3.63, 3.8) is 0 Å². The molecule has 2 rings (SSSR count). The Hall–Kier alpha value is -2.25. The van der Waals surface area contributed by atoms with Gasteiger partial charge in [-0.05, 0) is 42.8 Å². The van der Waals surface area contributed by atoms with Crippen molar-refractivity contribution < 1.29 is 17.4 Å². The summed E-state index contributed by atoms with van der Waals surface area (Å²) in [5.74, 6) is -0.281. The normalized spacial score (nSPS) is 11.1. The van der Waals surface area contributed by atoms with Gasteiger partial charge in [0.05, 0.1) is 16.4 Å². The van der Waals surface area contributed by atoms with Crippen molar-refractivity contribution in [2.24, 2.45) is 0 Å². The molecule has 0 heterocycles. The summed E-state index contributed by atoms with van der Waals surface area (Å²) in [5.41, 5.74) is 7.06. The van der Waals surface area contributed by atoms with Gasteiger partial charge in [0.25, 0.3) is 0 Å². The monoisotopic (exact) mass is 354 g/mol. The number of aryl methyl sites for hydroxylation is 1. The molecule has 0 aromatic heterocycles. The van der Waals surface area contributed by atoms with E-state index in [0.717, 1.165) is 5.56 Å². The zero-order chi connectivity index (χ0) is 17.2. The van der Waals surface area contributed by atoms with Crippen molar-refractivity contribution in [1.29, 1.82) is 0 Å². The SMILES string of the molecule is CC(=O)Nc1ccc(S(=O)(=O)Oc2ccc(C)cc2Cl)cc1N. The summed E-state index contributed by atoms with van der Waals surface area (Å²) in [5, 5.41) is 2.69. The highest BCUT2D eigenvalue weighted by molar-refractivity contribution is 7.87. The van der Waals surface area contributed by atoms with Gasteiger partial charge in [-0.2, -0.15) is 8.42 Å². The summed E-state index contributed by atoms with van der Waals surface area (Å²) in [6.45, 7) is 3.15. The molecule has 0 fully saturated rings. The van der Waals surface area contributed by atoms with E-state index in [2.05, 4.69) is 5.32 Å². The number of amides is 1. The van der Waals surface area contributed by atoms with Crippen molar-refractivity contribution in [2.45, 2.75) is 18.7 Å². The number of nitrogen functional groups attached to an aromatic ring is 1. The standard InChI is InChI=1S/C15H15ClN2O4S/c1-9-3-6-15(12(16)7-9)22-23(20,21)11-4-5-14(13(17)8-11)18-10(2)19/h3-8H,17H2,1-2H3,(H,18,19). The minimum atomic E-state index is -4.09. The van der Waals surface area contributed by atoms with Gasteiger partial charge < -0.3 is 15.2 Å². The summed E-state index contributed by atoms with van der Waals surface area (Å²) in [4.78, 5) is 10.9. The quantitative estimate of drug-likeness (QED) is 0.649. The van der Waals surface area contributed by atoms with E-state index in [9.17, 15) is 13.2 Å². The molecule has 0 aliphatic heterocycles. The molecule has 2 aromatic rings. The van der Waals surface area contributed by atoms with E-state index in [4.69, 9.17) is 21.5 Å². The number of anilines is 2. The van der Waals surface area contributed by atoms with Gasteiger partial charge in [0, 0.05) is 6.92 Å². The molecule has 6 nitrogen and oxygen atoms in total. The number of carbonyl (C=O) groups excluding carboxylic acids is 1. The molecule has 0 bridgehead atoms. The Labute approximate surface area is 139 Å². The van der Waals surface area contributed by atoms with Crippen LogP contribution in [-0.2, 0) is 14.9 Å². The lowest BCUT2D eigenvalue weighted by atomic mass is 10.2. The lowest BCUT2D eigenvalue weighted by molar-refractivity contribution is -0.114. The van der Waals surface area contributed by atoms with Gasteiger partial charge in [-0.3, -0.25) is 4.79 Å². The molecule has 0 saturated heterocycles. The molecule has 1 amide bonds. The third kappa shape index (κ3) is 4.14. The third-order valence-corrected chi connectivity index (χ3v) is 4.43. The van der Waals surface area contributed by atoms with Crippen LogP contribution in [0.2, 0.25) is 5.02 Å². The number of hydrogen-bond acceptors (Lipinski definition) is 5. The van der Waals surface area contributed by atoms with Crippen LogP contribution in [0.3, 0.4) is 0 Å². The molecule has 2 aromatic carbocycles. The maximum absolute atomic E-state index is 12.3. The van der Waals surface area contributed by atoms with Crippen LogP contribution in [-0.4, -0.2) is 14.3 Å². The summed E-state index contributed by atoms with van der Waals surface area (Å²) in [6.07, 6.45) is 0. The van der Waals surface area contributed by atoms with Crippen LogP contribution in [0.1, 0.15) is 12.5 Å². The molecule has 8 heteroatoms. The number of nitrogens with one attached hydrogen (secondary N) is 1. The number of benzene rings is 2. The smallest absolute Gasteiger partial charge is 0.339 e. The zero-order valence-corrected chi connectivity index (χ0v) is 14.0. The van der Waals surface area contributed by atoms with E-state index in [0.29, 0.717) is 5.69 Å². The lowest BCUT2D eigenvalue weighted by Gasteiger charge is -2.11. The van der Waals surface area contributed by atoms with Crippen LogP contribution in [0.5, 0.6) is 5.75 Å². The van der Waals surface area contributed by atoms with Crippen molar-refractivity contribution >= 4 is 39.0 Å². The molecule has 0 saturated carbocycles. The highest BCUT2D eigenvalue weighted by Gasteiger charge is 2.19. The van der Waals surface area contributed by atoms with E-state index < -0.39 is 10.1 Å². The highest BCUT2D eigenvalue weighted by Crippen LogP contribution is 2.30. The molecule has 23 heavy (non-hydrogen) atoms. The fourth-order valence-electron chi connectivity index (χ4n) is 1.84. The first kappa shape index (κ1) is 17.1. The Bertz CT molecular complexity index is 866. The van der Waals surface area contributed by atoms with Crippen LogP contribution in [0.25, 0.3) is 0 Å². The second kappa shape index (κ2) is 6.47. The van der Waals surface area contributed by atoms with Gasteiger partial charge in [-0.1, -0.05) is 17.7 Å². The summed E-state index contributed by atoms with van der Waals surface area (Å²) < 4.78 is 29.6. The average Bonchev–Trinajstić information content (AvgIpc) is 2.43. The second-order valence-electron chi connectivity index (χ2n) is 4.90. The van der Waals surface area contributed by atoms with E-state index in [1.807, 2.05) is 6.92 Å². The number of nitrogens with two attached hydrogens (primary N) is 1. The van der Waals surface area contributed by atoms with Crippen molar-refractivity contribution in [3.8, 4) is 5.75 Å². The van der Waals surface area contributed by atoms with E-state index in [1.54, 1.807) is 12.1 Å². The summed E-state index contributed by atoms with van der Waals surface area (Å²) >= 11 is 5.98. The van der Waals surface area contributed by atoms with Gasteiger partial charge in [-0.15, -0.1) is 0 Å². The first-order chi connectivity index (χ1) is 10.7. The Morgan fingerprint density at radius 2 is 1.91 bits per heavy atom. The Kier molecular flexibility index (Phi) is 4.82. The molecular formula is C15H15ClN2O4S. The number of carbonyl (C=O) groups is 1. The van der Waals surface area contributed by atoms with Gasteiger partial charge in [0.1, 0.15) is 4.90 Å². The lowest BCUT2D eigenvalue weighted by Crippen LogP contribution is -2.12. The summed E-state index contributed by atoms with van der Waals surface area (Å²) in [6, 6.07) is 8.65. The second-order valence-corrected chi connectivity index (χ2v) is 6.86. The Morgan fingerprint density at radius 1 is 1.22 bits per heavy atom. The van der Waals surface area contributed by atoms with Crippen molar-refractivity contribution in [1.82, 2.24) is 0 Å². The van der Waals surface area contributed by atoms with Gasteiger partial charge in [0.2, 0.25) is 5.91 Å². The van der Waals surface area contributed by atoms with Crippen LogP contribution in [0.4, 0.5) is 11.4 Å². The van der Waals surface area contributed by atoms with Gasteiger partial charge in [-0.25, -0.2) is 0 Å². The minimum Gasteiger partial charge on any atom is -0.397 e. The van der Waals surface area contributed by atoms with Crippen LogP contribution in [0, 0.1) is 6.92 Å². The van der Waals surface area contributed by atoms with Crippen LogP contribution >= 0.6 is 11.6 Å². The molecule has 0 radical (unpaired) electrons. The Morgan fingerprint density at radius 3 is 2.48 bits per heavy atom. The number of rotatable bonds is 4. The first-order valence-electron chi connectivity index (χ1n) is 6.57. The van der Waals surface area contributed by atoms with E-state index in [1.165, 1.54) is 31.2 Å². The van der Waals surface area contributed by atoms with E-state index >= 15 is 0 Å². The maximum atomic E-state index is 12.3. The molecular weight excluding hydrogens is 340 g/mol. The molecule has 0 unspecified atom stereocenters. The van der Waals surface area contributed by atoms with Gasteiger partial charge >= 0.3 is 10.1 Å². The van der Waals surface area contributed by atoms with Crippen LogP contribution < -0.4 is 15.2 Å². The van der Waals surface area contributed by atoms with Crippen LogP contribution in [0.15, 0.2) is 41.3 Å². The predicted octanol–water partition coefficient (Wildman–Crippen LogP) is 2.96.